The first-order chi connectivity index (χ1) is 35.4. The molecule has 32 nitrogen and oxygen atoms in total. The molecular formula is C40H53N11O21P2. The van der Waals surface area contributed by atoms with Crippen LogP contribution in [0, 0.1) is 5.92 Å². The molecule has 3 fully saturated rings. The Morgan fingerprint density at radius 1 is 0.676 bits per heavy atom. The summed E-state index contributed by atoms with van der Waals surface area (Å²) in [7, 11) is -10.5. The fourth-order valence-electron chi connectivity index (χ4n) is 8.44. The molecule has 4 unspecified atom stereocenters. The number of carbonyl (C=O) groups excluding carboxylic acids is 4. The summed E-state index contributed by atoms with van der Waals surface area (Å²) >= 11 is 0. The van der Waals surface area contributed by atoms with Gasteiger partial charge in [-0.05, 0) is 6.42 Å². The summed E-state index contributed by atoms with van der Waals surface area (Å²) in [6.07, 6.45) is -6.52. The summed E-state index contributed by atoms with van der Waals surface area (Å²) in [4.78, 5) is 118. The summed E-state index contributed by atoms with van der Waals surface area (Å²) in [5, 5.41) is 11.4. The number of aromatic amines is 2. The third-order valence-electron chi connectivity index (χ3n) is 11.9. The number of aliphatic hydroxyl groups excluding tert-OH is 1. The number of fused-ring (bicyclic) bond motifs is 4. The quantitative estimate of drug-likeness (QED) is 0.0247. The molecule has 4 aromatic rings. The molecule has 0 radical (unpaired) electrons. The van der Waals surface area contributed by atoms with Gasteiger partial charge in [-0.25, -0.2) is 19.1 Å². The van der Waals surface area contributed by atoms with Crippen LogP contribution in [0.25, 0.3) is 22.3 Å². The number of nitrogens with two attached hydrogens (primary N) is 2. The predicted molar refractivity (Wildman–Crippen MR) is 246 cm³/mol. The van der Waals surface area contributed by atoms with E-state index in [1.165, 1.54) is 16.7 Å². The maximum atomic E-state index is 13.8. The van der Waals surface area contributed by atoms with E-state index in [-0.39, 0.29) is 112 Å². The van der Waals surface area contributed by atoms with Gasteiger partial charge in [-0.3, -0.25) is 70.9 Å². The van der Waals surface area contributed by atoms with E-state index in [2.05, 4.69) is 29.9 Å². The Bertz CT molecular complexity index is 2930. The number of amides is 2. The van der Waals surface area contributed by atoms with Crippen LogP contribution in [0.1, 0.15) is 44.6 Å². The van der Waals surface area contributed by atoms with Crippen molar-refractivity contribution in [2.45, 2.75) is 75.1 Å². The molecule has 3 saturated heterocycles. The van der Waals surface area contributed by atoms with Crippen LogP contribution in [0.15, 0.2) is 34.4 Å². The number of hydrogen-bond donors (Lipinski definition) is 7. The number of imidazole rings is 2. The van der Waals surface area contributed by atoms with Crippen molar-refractivity contribution < 1.29 is 89.7 Å². The Balaban J connectivity index is 0.827. The number of carbonyl (C=O) groups is 4. The number of H-pyrrole nitrogens is 2. The van der Waals surface area contributed by atoms with E-state index in [1.807, 2.05) is 0 Å². The molecule has 8 heterocycles. The van der Waals surface area contributed by atoms with Crippen LogP contribution in [0.2, 0.25) is 0 Å². The number of aromatic nitrogens is 8. The molecule has 0 bridgehead atoms. The topological polar surface area (TPSA) is 438 Å². The van der Waals surface area contributed by atoms with Crippen LogP contribution in [0.4, 0.5) is 11.9 Å². The molecule has 4 aliphatic rings. The molecule has 8 rings (SSSR count). The van der Waals surface area contributed by atoms with Gasteiger partial charge in [0, 0.05) is 56.9 Å². The van der Waals surface area contributed by atoms with Gasteiger partial charge >= 0.3 is 15.6 Å². The highest BCUT2D eigenvalue weighted by Gasteiger charge is 2.54. The summed E-state index contributed by atoms with van der Waals surface area (Å²) < 4.78 is 85.7. The lowest BCUT2D eigenvalue weighted by atomic mass is 9.93. The number of nitrogens with one attached hydrogen (secondary N) is 2. The number of anilines is 2. The van der Waals surface area contributed by atoms with E-state index < -0.39 is 113 Å². The average Bonchev–Trinajstić information content (AvgIpc) is 4.16. The van der Waals surface area contributed by atoms with Gasteiger partial charge < -0.3 is 54.8 Å². The largest absolute Gasteiger partial charge is 0.472 e. The number of phosphoric ester groups is 2. The minimum Gasteiger partial charge on any atom is -0.386 e. The number of nitrogen functional groups attached to an aromatic ring is 2. The lowest BCUT2D eigenvalue weighted by Gasteiger charge is -2.29. The van der Waals surface area contributed by atoms with Crippen LogP contribution < -0.4 is 22.6 Å². The van der Waals surface area contributed by atoms with Gasteiger partial charge in [0.05, 0.1) is 72.1 Å². The third-order valence-corrected chi connectivity index (χ3v) is 13.9. The van der Waals surface area contributed by atoms with Crippen LogP contribution in [0.5, 0.6) is 0 Å². The number of ether oxygens (including phenoxy) is 6. The molecular weight excluding hydrogens is 1030 g/mol. The van der Waals surface area contributed by atoms with Crippen molar-refractivity contribution in [3.05, 3.63) is 45.5 Å². The molecule has 74 heavy (non-hydrogen) atoms. The first kappa shape index (κ1) is 54.7. The Kier molecular flexibility index (Phi) is 17.7. The minimum absolute atomic E-state index is 0.0491. The first-order valence-corrected chi connectivity index (χ1v) is 26.0. The number of rotatable bonds is 23. The second kappa shape index (κ2) is 24.0. The number of nitrogens with zero attached hydrogens (tertiary/aromatic N) is 7. The van der Waals surface area contributed by atoms with Gasteiger partial charge in [-0.1, -0.05) is 0 Å². The fourth-order valence-corrected chi connectivity index (χ4v) is 10.4. The molecule has 4 aliphatic heterocycles. The Morgan fingerprint density at radius 3 is 1.73 bits per heavy atom. The van der Waals surface area contributed by atoms with Gasteiger partial charge in [-0.15, -0.1) is 0 Å². The molecule has 0 aromatic carbocycles. The van der Waals surface area contributed by atoms with Gasteiger partial charge in [-0.2, -0.15) is 9.97 Å². The SMILES string of the molecule is Nc1nc2c(ncn2[C@@H]2O[C@@H]3COP(=O)(O)OC4[C@@H](COP(=O)(O)O[C@@H]3C2O)O[C@@H](n2cnc3c(=O)[nH]c(N)nc32)[C@H]4CC(=O)CCOCCOCCOCCOCCCC(=O)CCN2C(=O)C=CC2=O)c(=O)[nH]1. The summed E-state index contributed by atoms with van der Waals surface area (Å²) in [5.41, 5.74) is 9.47. The highest BCUT2D eigenvalue weighted by molar-refractivity contribution is 7.47. The van der Waals surface area contributed by atoms with Crippen LogP contribution >= 0.6 is 15.6 Å². The molecule has 2 amide bonds. The van der Waals surface area contributed by atoms with Crippen LogP contribution in [-0.4, -0.2) is 185 Å². The average molecular weight is 1090 g/mol. The number of aliphatic hydroxyl groups is 1. The minimum atomic E-state index is -5.24. The van der Waals surface area contributed by atoms with E-state index in [0.29, 0.717) is 13.0 Å². The molecule has 34 heteroatoms. The third kappa shape index (κ3) is 13.3. The zero-order chi connectivity index (χ0) is 52.7. The Labute approximate surface area is 416 Å². The summed E-state index contributed by atoms with van der Waals surface area (Å²) in [6, 6.07) is 0. The Morgan fingerprint density at radius 2 is 1.16 bits per heavy atom. The molecule has 404 valence electrons. The van der Waals surface area contributed by atoms with E-state index in [4.69, 9.17) is 58.0 Å². The standard InChI is InChI=1S/C40H53N11O21P2/c41-39-45-33-28(35(57)47-39)43-19-50(33)37-23(16-22(53)6-9-64-11-13-66-15-14-65-12-10-63-8-1-2-21(52)5-7-49-26(54)3-4-27(49)55)31-24(69-37)17-67-74(61,62)72-32-25(18-68-73(59,60)71-31)70-38(30(32)56)51-20-44-29-34(51)46-40(42)48-36(29)58/h3-4,19-20,23-25,30-32,37-38,56H,1-2,5-18H2,(H,59,60)(H,61,62)(H3,41,45,47,57)(H3,42,46,48,58)/t23-,24+,25+,30?,31?,32-,37+,38+/m0/s1. The normalized spacial score (nSPS) is 28.4. The van der Waals surface area contributed by atoms with E-state index >= 15 is 0 Å². The van der Waals surface area contributed by atoms with Gasteiger partial charge in [0.2, 0.25) is 11.9 Å². The first-order valence-electron chi connectivity index (χ1n) is 23.0. The van der Waals surface area contributed by atoms with E-state index in [9.17, 15) is 52.8 Å². The van der Waals surface area contributed by atoms with Crippen molar-refractivity contribution in [3.63, 3.8) is 0 Å². The van der Waals surface area contributed by atoms with Crippen LogP contribution in [0.3, 0.4) is 0 Å². The number of phosphoric acid groups is 2. The van der Waals surface area contributed by atoms with Gasteiger partial charge in [0.1, 0.15) is 48.3 Å². The second-order valence-electron chi connectivity index (χ2n) is 17.0. The van der Waals surface area contributed by atoms with Gasteiger partial charge in [0.25, 0.3) is 22.9 Å². The monoisotopic (exact) mass is 1090 g/mol. The molecule has 0 spiro atoms. The van der Waals surface area contributed by atoms with E-state index in [1.54, 1.807) is 0 Å². The lowest BCUT2D eigenvalue weighted by Crippen LogP contribution is -2.38. The molecule has 9 N–H and O–H groups in total. The fraction of sp³-hybridized carbons (Fsp3) is 0.600. The van der Waals surface area contributed by atoms with Crippen molar-refractivity contribution in [2.24, 2.45) is 5.92 Å². The van der Waals surface area contributed by atoms with Crippen molar-refractivity contribution >= 4 is 73.3 Å². The smallest absolute Gasteiger partial charge is 0.386 e. The molecule has 0 saturated carbocycles. The highest BCUT2D eigenvalue weighted by Crippen LogP contribution is 2.55. The van der Waals surface area contributed by atoms with Crippen molar-refractivity contribution in [1.82, 2.24) is 43.9 Å². The van der Waals surface area contributed by atoms with Gasteiger partial charge in [0.15, 0.2) is 28.6 Å². The van der Waals surface area contributed by atoms with Crippen molar-refractivity contribution in [1.29, 1.82) is 0 Å². The number of hydrogen-bond acceptors (Lipinski definition) is 25. The summed E-state index contributed by atoms with van der Waals surface area (Å²) in [5.74, 6) is -3.24. The Hall–Kier alpha value is -5.54. The number of imide groups is 1. The van der Waals surface area contributed by atoms with Crippen LogP contribution in [-0.2, 0) is 74.8 Å². The highest BCUT2D eigenvalue weighted by atomic mass is 31.2. The zero-order valence-corrected chi connectivity index (χ0v) is 40.9. The maximum absolute atomic E-state index is 13.8. The maximum Gasteiger partial charge on any atom is 0.472 e. The predicted octanol–water partition coefficient (Wildman–Crippen LogP) is -1.71. The lowest BCUT2D eigenvalue weighted by molar-refractivity contribution is -0.137. The second-order valence-corrected chi connectivity index (χ2v) is 19.8. The molecule has 4 aromatic heterocycles. The van der Waals surface area contributed by atoms with Crippen molar-refractivity contribution in [3.8, 4) is 0 Å². The van der Waals surface area contributed by atoms with E-state index in [0.717, 1.165) is 22.1 Å². The molecule has 10 atom stereocenters. The zero-order valence-electron chi connectivity index (χ0n) is 39.1. The van der Waals surface area contributed by atoms with Crippen molar-refractivity contribution in [2.75, 3.05) is 84.1 Å². The number of Topliss-reactive ketones (excluding diaryl/α,β-unsaturated/α-hetero) is 2. The molecule has 0 aliphatic carbocycles. The number of ketones is 2. The summed E-state index contributed by atoms with van der Waals surface area (Å²) in [6.45, 7) is -0.201.